The number of nitrogens with zero attached hydrogens (tertiary/aromatic N) is 2. The summed E-state index contributed by atoms with van der Waals surface area (Å²) < 4.78 is 0.795. The van der Waals surface area contributed by atoms with Crippen molar-refractivity contribution in [2.45, 2.75) is 6.42 Å². The second-order valence-electron chi connectivity index (χ2n) is 4.71. The maximum Gasteiger partial charge on any atom is 0.255 e. The van der Waals surface area contributed by atoms with Gasteiger partial charge < -0.3 is 10.6 Å². The van der Waals surface area contributed by atoms with Crippen LogP contribution < -0.4 is 5.73 Å². The van der Waals surface area contributed by atoms with Crippen LogP contribution in [0, 0.1) is 0 Å². The quantitative estimate of drug-likeness (QED) is 0.779. The first-order valence-electron chi connectivity index (χ1n) is 6.84. The highest BCUT2D eigenvalue weighted by Crippen LogP contribution is 2.12. The molecule has 0 fully saturated rings. The van der Waals surface area contributed by atoms with Gasteiger partial charge in [-0.1, -0.05) is 30.3 Å². The molecule has 2 N–H and O–H groups in total. The van der Waals surface area contributed by atoms with E-state index in [2.05, 4.69) is 33.0 Å². The normalized spacial score (nSPS) is 9.48. The molecule has 2 rings (SSSR count). The minimum atomic E-state index is -0.0369. The summed E-state index contributed by atoms with van der Waals surface area (Å²) in [5.74, 6) is -0.0369. The molecule has 126 valence electrons. The van der Waals surface area contributed by atoms with Crippen LogP contribution in [0.1, 0.15) is 15.9 Å². The second-order valence-corrected chi connectivity index (χ2v) is 5.62. The molecule has 0 unspecified atom stereocenters. The van der Waals surface area contributed by atoms with Gasteiger partial charge in [0.15, 0.2) is 0 Å². The van der Waals surface area contributed by atoms with Crippen molar-refractivity contribution in [3.8, 4) is 0 Å². The Balaban J connectivity index is 0.00000242. The van der Waals surface area contributed by atoms with E-state index in [0.717, 1.165) is 10.9 Å². The summed E-state index contributed by atoms with van der Waals surface area (Å²) in [7, 11) is 0. The van der Waals surface area contributed by atoms with E-state index in [9.17, 15) is 4.79 Å². The van der Waals surface area contributed by atoms with Crippen molar-refractivity contribution in [3.05, 3.63) is 64.4 Å². The third-order valence-corrected chi connectivity index (χ3v) is 3.58. The molecular formula is C16H20BrCl2N3O. The van der Waals surface area contributed by atoms with Crippen LogP contribution in [0.2, 0.25) is 0 Å². The topological polar surface area (TPSA) is 59.2 Å². The summed E-state index contributed by atoms with van der Waals surface area (Å²) in [5, 5.41) is 0. The highest BCUT2D eigenvalue weighted by atomic mass is 79.9. The lowest BCUT2D eigenvalue weighted by molar-refractivity contribution is 0.0761. The van der Waals surface area contributed by atoms with Crippen LogP contribution in [-0.4, -0.2) is 35.4 Å². The average Bonchev–Trinajstić information content (AvgIpc) is 2.52. The highest BCUT2D eigenvalue weighted by Gasteiger charge is 2.15. The summed E-state index contributed by atoms with van der Waals surface area (Å²) in [6.45, 7) is 1.63. The number of amides is 1. The number of halogens is 3. The van der Waals surface area contributed by atoms with E-state index in [0.29, 0.717) is 25.2 Å². The van der Waals surface area contributed by atoms with E-state index in [1.54, 1.807) is 23.4 Å². The smallest absolute Gasteiger partial charge is 0.255 e. The molecule has 7 heteroatoms. The Hall–Kier alpha value is -1.14. The lowest BCUT2D eigenvalue weighted by Crippen LogP contribution is -2.37. The number of rotatable bonds is 6. The number of hydrogen-bond donors (Lipinski definition) is 1. The van der Waals surface area contributed by atoms with Crippen LogP contribution in [0.4, 0.5) is 0 Å². The fourth-order valence-corrected chi connectivity index (χ4v) is 2.46. The molecule has 0 spiro atoms. The summed E-state index contributed by atoms with van der Waals surface area (Å²) in [5.41, 5.74) is 7.41. The Bertz CT molecular complexity index is 599. The Labute approximate surface area is 157 Å². The molecule has 0 aliphatic rings. The van der Waals surface area contributed by atoms with Crippen molar-refractivity contribution in [2.75, 3.05) is 19.6 Å². The van der Waals surface area contributed by atoms with Crippen molar-refractivity contribution in [1.82, 2.24) is 9.88 Å². The molecule has 1 aromatic carbocycles. The zero-order valence-electron chi connectivity index (χ0n) is 12.5. The van der Waals surface area contributed by atoms with Crippen LogP contribution in [0.3, 0.4) is 0 Å². The molecule has 0 aliphatic carbocycles. The third kappa shape index (κ3) is 6.87. The van der Waals surface area contributed by atoms with Crippen LogP contribution in [0.15, 0.2) is 53.3 Å². The van der Waals surface area contributed by atoms with Gasteiger partial charge in [0.25, 0.3) is 5.91 Å². The molecule has 23 heavy (non-hydrogen) atoms. The average molecular weight is 421 g/mol. The zero-order chi connectivity index (χ0) is 15.1. The fourth-order valence-electron chi connectivity index (χ4n) is 2.09. The van der Waals surface area contributed by atoms with Gasteiger partial charge in [0.2, 0.25) is 0 Å². The predicted octanol–water partition coefficient (Wildman–Crippen LogP) is 3.33. The van der Waals surface area contributed by atoms with E-state index in [4.69, 9.17) is 5.73 Å². The number of nitrogens with two attached hydrogens (primary N) is 1. The van der Waals surface area contributed by atoms with Gasteiger partial charge in [-0.05, 0) is 34.0 Å². The summed E-state index contributed by atoms with van der Waals surface area (Å²) in [6, 6.07) is 11.9. The minimum Gasteiger partial charge on any atom is -0.337 e. The number of carbonyl (C=O) groups is 1. The Morgan fingerprint density at radius 2 is 1.83 bits per heavy atom. The van der Waals surface area contributed by atoms with Gasteiger partial charge in [-0.25, -0.2) is 0 Å². The maximum absolute atomic E-state index is 12.5. The van der Waals surface area contributed by atoms with Crippen LogP contribution >= 0.6 is 40.7 Å². The monoisotopic (exact) mass is 419 g/mol. The van der Waals surface area contributed by atoms with Crippen molar-refractivity contribution in [3.63, 3.8) is 0 Å². The SMILES string of the molecule is Cl.Cl.NCCN(CCc1ccccc1)C(=O)c1cncc(Br)c1. The summed E-state index contributed by atoms with van der Waals surface area (Å²) in [6.07, 6.45) is 4.06. The highest BCUT2D eigenvalue weighted by molar-refractivity contribution is 9.10. The van der Waals surface area contributed by atoms with Gasteiger partial charge in [-0.2, -0.15) is 0 Å². The van der Waals surface area contributed by atoms with Crippen molar-refractivity contribution in [2.24, 2.45) is 5.73 Å². The molecule has 2 aromatic rings. The first kappa shape index (κ1) is 21.9. The lowest BCUT2D eigenvalue weighted by Gasteiger charge is -2.22. The molecule has 1 amide bonds. The minimum absolute atomic E-state index is 0. The molecule has 4 nitrogen and oxygen atoms in total. The molecule has 1 heterocycles. The number of carbonyl (C=O) groups excluding carboxylic acids is 1. The van der Waals surface area contributed by atoms with Crippen LogP contribution in [0.5, 0.6) is 0 Å². The standard InChI is InChI=1S/C16H18BrN3O.2ClH/c17-15-10-14(11-19-12-15)16(21)20(9-7-18)8-6-13-4-2-1-3-5-13;;/h1-5,10-12H,6-9,18H2;2*1H. The Morgan fingerprint density at radius 3 is 2.43 bits per heavy atom. The van der Waals surface area contributed by atoms with Gasteiger partial charge in [-0.15, -0.1) is 24.8 Å². The molecular weight excluding hydrogens is 401 g/mol. The van der Waals surface area contributed by atoms with Crippen LogP contribution in [0.25, 0.3) is 0 Å². The molecule has 0 saturated heterocycles. The summed E-state index contributed by atoms with van der Waals surface area (Å²) >= 11 is 3.34. The number of benzene rings is 1. The molecule has 0 saturated carbocycles. The molecule has 1 aromatic heterocycles. The first-order chi connectivity index (χ1) is 10.2. The number of pyridine rings is 1. The summed E-state index contributed by atoms with van der Waals surface area (Å²) in [4.78, 5) is 18.3. The van der Waals surface area contributed by atoms with Crippen molar-refractivity contribution < 1.29 is 4.79 Å². The second kappa shape index (κ2) is 11.4. The third-order valence-electron chi connectivity index (χ3n) is 3.15. The molecule has 0 bridgehead atoms. The Kier molecular flexibility index (Phi) is 10.8. The molecule has 0 radical (unpaired) electrons. The molecule has 0 aliphatic heterocycles. The van der Waals surface area contributed by atoms with E-state index >= 15 is 0 Å². The number of aromatic nitrogens is 1. The van der Waals surface area contributed by atoms with Crippen LogP contribution in [-0.2, 0) is 6.42 Å². The lowest BCUT2D eigenvalue weighted by atomic mass is 10.1. The van der Waals surface area contributed by atoms with Gasteiger partial charge in [0.05, 0.1) is 5.56 Å². The van der Waals surface area contributed by atoms with E-state index in [-0.39, 0.29) is 30.7 Å². The van der Waals surface area contributed by atoms with E-state index in [1.807, 2.05) is 18.2 Å². The predicted molar refractivity (Wildman–Crippen MR) is 102 cm³/mol. The van der Waals surface area contributed by atoms with E-state index < -0.39 is 0 Å². The van der Waals surface area contributed by atoms with E-state index in [1.165, 1.54) is 5.56 Å². The van der Waals surface area contributed by atoms with Gasteiger partial charge in [-0.3, -0.25) is 9.78 Å². The maximum atomic E-state index is 12.5. The van der Waals surface area contributed by atoms with Gasteiger partial charge in [0.1, 0.15) is 0 Å². The first-order valence-corrected chi connectivity index (χ1v) is 7.64. The zero-order valence-corrected chi connectivity index (χ0v) is 15.7. The van der Waals surface area contributed by atoms with Gasteiger partial charge in [0, 0.05) is 36.5 Å². The van der Waals surface area contributed by atoms with Gasteiger partial charge >= 0.3 is 0 Å². The number of hydrogen-bond acceptors (Lipinski definition) is 3. The fraction of sp³-hybridized carbons (Fsp3) is 0.250. The largest absolute Gasteiger partial charge is 0.337 e. The van der Waals surface area contributed by atoms with Crippen molar-refractivity contribution in [1.29, 1.82) is 0 Å². The van der Waals surface area contributed by atoms with Crippen molar-refractivity contribution >= 4 is 46.7 Å². The molecule has 0 atom stereocenters. The Morgan fingerprint density at radius 1 is 1.13 bits per heavy atom.